The van der Waals surface area contributed by atoms with E-state index in [9.17, 15) is 14.9 Å². The second kappa shape index (κ2) is 6.53. The van der Waals surface area contributed by atoms with E-state index < -0.39 is 11.1 Å². The molecule has 0 saturated carbocycles. The molecule has 0 aliphatic heterocycles. The standard InChI is InChI=1S/C3H5NO5.Ag/c5-3(6)1-2-9-4(7)8;/h1-2H2,(H,5,6);. The third kappa shape index (κ3) is 10.4. The Morgan fingerprint density at radius 2 is 2.20 bits per heavy atom. The van der Waals surface area contributed by atoms with Crippen LogP contribution >= 0.6 is 0 Å². The summed E-state index contributed by atoms with van der Waals surface area (Å²) in [6.45, 7) is -0.387. The molecule has 0 aromatic heterocycles. The molecule has 0 bridgehead atoms. The Balaban J connectivity index is 0. The Labute approximate surface area is 71.8 Å². The Hall–Kier alpha value is -0.590. The molecular formula is C3H5AgNO5. The molecule has 0 rings (SSSR count). The molecule has 0 atom stereocenters. The summed E-state index contributed by atoms with van der Waals surface area (Å²) in [6.07, 6.45) is -0.346. The second-order valence-electron chi connectivity index (χ2n) is 1.20. The van der Waals surface area contributed by atoms with Crippen LogP contribution in [0.2, 0.25) is 0 Å². The van der Waals surface area contributed by atoms with E-state index in [0.29, 0.717) is 0 Å². The number of carbonyl (C=O) groups is 1. The minimum absolute atomic E-state index is 0. The molecule has 0 aliphatic carbocycles. The summed E-state index contributed by atoms with van der Waals surface area (Å²) in [5.41, 5.74) is 0. The Bertz CT molecular complexity index is 112. The molecule has 0 spiro atoms. The van der Waals surface area contributed by atoms with E-state index in [4.69, 9.17) is 5.11 Å². The number of hydrogen-bond donors (Lipinski definition) is 1. The van der Waals surface area contributed by atoms with Crippen LogP contribution in [0.3, 0.4) is 0 Å². The van der Waals surface area contributed by atoms with Gasteiger partial charge in [0.05, 0.1) is 6.42 Å². The molecule has 0 aromatic carbocycles. The third-order valence-electron chi connectivity index (χ3n) is 0.513. The summed E-state index contributed by atoms with van der Waals surface area (Å²) in [5, 5.41) is 16.3. The van der Waals surface area contributed by atoms with Gasteiger partial charge in [-0.2, -0.15) is 0 Å². The van der Waals surface area contributed by atoms with Crippen LogP contribution in [0.15, 0.2) is 0 Å². The maximum atomic E-state index is 9.68. The molecule has 63 valence electrons. The molecule has 0 fully saturated rings. The van der Waals surface area contributed by atoms with Gasteiger partial charge in [0.1, 0.15) is 6.61 Å². The number of carboxylic acid groups (broad SMARTS) is 1. The van der Waals surface area contributed by atoms with E-state index in [-0.39, 0.29) is 35.4 Å². The first-order valence-electron chi connectivity index (χ1n) is 2.12. The zero-order chi connectivity index (χ0) is 7.28. The van der Waals surface area contributed by atoms with Crippen molar-refractivity contribution >= 4 is 5.97 Å². The monoisotopic (exact) mass is 242 g/mol. The van der Waals surface area contributed by atoms with Gasteiger partial charge >= 0.3 is 5.97 Å². The van der Waals surface area contributed by atoms with Gasteiger partial charge in [-0.05, 0) is 0 Å². The van der Waals surface area contributed by atoms with Crippen molar-refractivity contribution in [2.24, 2.45) is 0 Å². The van der Waals surface area contributed by atoms with Crippen LogP contribution in [-0.2, 0) is 32.0 Å². The molecule has 0 aliphatic rings. The number of aliphatic carboxylic acids is 1. The molecular weight excluding hydrogens is 238 g/mol. The SMILES string of the molecule is O=C(O)CCO[N+](=O)[O-].[Ag]. The molecule has 6 nitrogen and oxygen atoms in total. The predicted molar refractivity (Wildman–Crippen MR) is 25.2 cm³/mol. The number of hydrogen-bond acceptors (Lipinski definition) is 4. The van der Waals surface area contributed by atoms with Crippen LogP contribution in [0, 0.1) is 10.1 Å². The Morgan fingerprint density at radius 3 is 2.50 bits per heavy atom. The fourth-order valence-electron chi connectivity index (χ4n) is 0.207. The molecule has 0 heterocycles. The van der Waals surface area contributed by atoms with E-state index in [1.807, 2.05) is 0 Å². The largest absolute Gasteiger partial charge is 0.481 e. The summed E-state index contributed by atoms with van der Waals surface area (Å²) in [4.78, 5) is 22.7. The topological polar surface area (TPSA) is 89.7 Å². The van der Waals surface area contributed by atoms with Crippen LogP contribution in [0.1, 0.15) is 6.42 Å². The van der Waals surface area contributed by atoms with Gasteiger partial charge in [-0.3, -0.25) is 4.79 Å². The van der Waals surface area contributed by atoms with Gasteiger partial charge in [0.2, 0.25) is 0 Å². The maximum Gasteiger partial charge on any atom is 0.305 e. The van der Waals surface area contributed by atoms with Crippen LogP contribution in [0.5, 0.6) is 0 Å². The van der Waals surface area contributed by atoms with Crippen molar-refractivity contribution in [2.45, 2.75) is 6.42 Å². The number of rotatable bonds is 4. The molecule has 0 saturated heterocycles. The number of nitrogens with zero attached hydrogens (tertiary/aromatic N) is 1. The van der Waals surface area contributed by atoms with E-state index >= 15 is 0 Å². The molecule has 7 heteroatoms. The fourth-order valence-corrected chi connectivity index (χ4v) is 0.207. The third-order valence-corrected chi connectivity index (χ3v) is 0.513. The van der Waals surface area contributed by atoms with Crippen molar-refractivity contribution in [1.82, 2.24) is 0 Å². The van der Waals surface area contributed by atoms with Crippen molar-refractivity contribution < 1.29 is 42.2 Å². The van der Waals surface area contributed by atoms with E-state index in [0.717, 1.165) is 0 Å². The van der Waals surface area contributed by atoms with Gasteiger partial charge in [-0.15, -0.1) is 10.1 Å². The summed E-state index contributed by atoms with van der Waals surface area (Å²) in [6, 6.07) is 0. The van der Waals surface area contributed by atoms with Gasteiger partial charge in [0.25, 0.3) is 5.09 Å². The van der Waals surface area contributed by atoms with Gasteiger partial charge in [-0.1, -0.05) is 0 Å². The van der Waals surface area contributed by atoms with Crippen LogP contribution < -0.4 is 0 Å². The summed E-state index contributed by atoms with van der Waals surface area (Å²) in [5.74, 6) is -1.11. The van der Waals surface area contributed by atoms with E-state index in [2.05, 4.69) is 4.84 Å². The molecule has 1 radical (unpaired) electrons. The maximum absolute atomic E-state index is 9.68. The Morgan fingerprint density at radius 1 is 1.70 bits per heavy atom. The van der Waals surface area contributed by atoms with Crippen molar-refractivity contribution in [2.75, 3.05) is 6.61 Å². The predicted octanol–water partition coefficient (Wildman–Crippen LogP) is -0.333. The van der Waals surface area contributed by atoms with Crippen molar-refractivity contribution in [3.8, 4) is 0 Å². The molecule has 1 N–H and O–H groups in total. The average molecular weight is 243 g/mol. The first-order valence-corrected chi connectivity index (χ1v) is 2.12. The van der Waals surface area contributed by atoms with Gasteiger partial charge in [-0.25, -0.2) is 0 Å². The fraction of sp³-hybridized carbons (Fsp3) is 0.667. The van der Waals surface area contributed by atoms with Crippen LogP contribution in [-0.4, -0.2) is 22.8 Å². The van der Waals surface area contributed by atoms with Gasteiger partial charge < -0.3 is 9.94 Å². The Kier molecular flexibility index (Phi) is 7.91. The summed E-state index contributed by atoms with van der Waals surface area (Å²) in [7, 11) is 0. The molecule has 0 amide bonds. The van der Waals surface area contributed by atoms with Crippen LogP contribution in [0.4, 0.5) is 0 Å². The summed E-state index contributed by atoms with van der Waals surface area (Å²) >= 11 is 0. The molecule has 0 aromatic rings. The first kappa shape index (κ1) is 12.1. The molecule has 10 heavy (non-hydrogen) atoms. The minimum Gasteiger partial charge on any atom is -0.481 e. The first-order chi connectivity index (χ1) is 4.13. The summed E-state index contributed by atoms with van der Waals surface area (Å²) < 4.78 is 0. The van der Waals surface area contributed by atoms with E-state index in [1.165, 1.54) is 0 Å². The van der Waals surface area contributed by atoms with Crippen LogP contribution in [0.25, 0.3) is 0 Å². The smallest absolute Gasteiger partial charge is 0.305 e. The average Bonchev–Trinajstić information content (AvgIpc) is 1.63. The normalized spacial score (nSPS) is 7.60. The quantitative estimate of drug-likeness (QED) is 0.414. The van der Waals surface area contributed by atoms with E-state index in [1.54, 1.807) is 0 Å². The van der Waals surface area contributed by atoms with Crippen molar-refractivity contribution in [1.29, 1.82) is 0 Å². The van der Waals surface area contributed by atoms with Crippen molar-refractivity contribution in [3.05, 3.63) is 10.1 Å². The second-order valence-corrected chi connectivity index (χ2v) is 1.20. The minimum atomic E-state index is -1.11. The zero-order valence-electron chi connectivity index (χ0n) is 4.74. The van der Waals surface area contributed by atoms with Gasteiger partial charge in [0.15, 0.2) is 0 Å². The van der Waals surface area contributed by atoms with Gasteiger partial charge in [0, 0.05) is 22.4 Å². The molecule has 0 unspecified atom stereocenters. The van der Waals surface area contributed by atoms with Crippen molar-refractivity contribution in [3.63, 3.8) is 0 Å². The number of carboxylic acids is 1. The zero-order valence-corrected chi connectivity index (χ0v) is 6.23.